The van der Waals surface area contributed by atoms with Crippen LogP contribution in [0.5, 0.6) is 5.75 Å². The van der Waals surface area contributed by atoms with Crippen LogP contribution < -0.4 is 0 Å². The highest BCUT2D eigenvalue weighted by atomic mass is 35.5. The third-order valence-corrected chi connectivity index (χ3v) is 2.16. The molecule has 4 nitrogen and oxygen atoms in total. The number of hydrogen-bond donors (Lipinski definition) is 1. The Hall–Kier alpha value is -1.81. The quantitative estimate of drug-likeness (QED) is 0.509. The number of phenolic OH excluding ortho intramolecular Hbond substituents is 1. The van der Waals surface area contributed by atoms with Crippen molar-refractivity contribution >= 4 is 29.9 Å². The van der Waals surface area contributed by atoms with Gasteiger partial charge in [0.1, 0.15) is 5.75 Å². The Morgan fingerprint density at radius 1 is 1.47 bits per heavy atom. The number of hydrogen-bond acceptors (Lipinski definition) is 4. The van der Waals surface area contributed by atoms with Crippen LogP contribution in [0, 0.1) is 0 Å². The fourth-order valence-corrected chi connectivity index (χ4v) is 1.44. The van der Waals surface area contributed by atoms with E-state index in [0.717, 1.165) is 6.08 Å². The normalized spacial score (nSPS) is 10.5. The highest BCUT2D eigenvalue weighted by Gasteiger charge is 2.07. The fourth-order valence-electron chi connectivity index (χ4n) is 1.21. The van der Waals surface area contributed by atoms with E-state index in [1.54, 1.807) is 6.92 Å². The standard InChI is InChI=1S/C12H11ClO4/c1-2-17-11(15)4-3-8-5-10(13)6-9(7-14)12(8)16/h3-7,16H,2H2,1H3. The van der Waals surface area contributed by atoms with Gasteiger partial charge >= 0.3 is 5.97 Å². The second-order valence-electron chi connectivity index (χ2n) is 3.14. The Labute approximate surface area is 103 Å². The van der Waals surface area contributed by atoms with Crippen molar-refractivity contribution in [2.24, 2.45) is 0 Å². The van der Waals surface area contributed by atoms with Gasteiger partial charge in [0, 0.05) is 16.7 Å². The summed E-state index contributed by atoms with van der Waals surface area (Å²) in [7, 11) is 0. The first kappa shape index (κ1) is 13.3. The molecule has 1 aromatic carbocycles. The van der Waals surface area contributed by atoms with Crippen LogP contribution in [0.1, 0.15) is 22.8 Å². The highest BCUT2D eigenvalue weighted by Crippen LogP contribution is 2.27. The summed E-state index contributed by atoms with van der Waals surface area (Å²) in [4.78, 5) is 21.7. The molecule has 1 aromatic rings. The predicted octanol–water partition coefficient (Wildman–Crippen LogP) is 2.43. The van der Waals surface area contributed by atoms with Gasteiger partial charge in [-0.3, -0.25) is 4.79 Å². The lowest BCUT2D eigenvalue weighted by Gasteiger charge is -2.03. The van der Waals surface area contributed by atoms with Gasteiger partial charge in [-0.1, -0.05) is 11.6 Å². The zero-order valence-electron chi connectivity index (χ0n) is 9.14. The molecule has 1 rings (SSSR count). The third-order valence-electron chi connectivity index (χ3n) is 1.95. The minimum Gasteiger partial charge on any atom is -0.507 e. The third kappa shape index (κ3) is 3.60. The molecule has 0 saturated carbocycles. The molecular formula is C12H11ClO4. The molecule has 0 aliphatic heterocycles. The molecule has 17 heavy (non-hydrogen) atoms. The number of benzene rings is 1. The van der Waals surface area contributed by atoms with Crippen LogP contribution in [0.3, 0.4) is 0 Å². The van der Waals surface area contributed by atoms with E-state index in [0.29, 0.717) is 11.3 Å². The maximum Gasteiger partial charge on any atom is 0.330 e. The van der Waals surface area contributed by atoms with Crippen molar-refractivity contribution in [3.05, 3.63) is 34.4 Å². The van der Waals surface area contributed by atoms with Crippen molar-refractivity contribution in [3.8, 4) is 5.75 Å². The highest BCUT2D eigenvalue weighted by molar-refractivity contribution is 6.31. The first-order chi connectivity index (χ1) is 8.08. The molecule has 0 atom stereocenters. The van der Waals surface area contributed by atoms with Gasteiger partial charge < -0.3 is 9.84 Å². The smallest absolute Gasteiger partial charge is 0.330 e. The summed E-state index contributed by atoms with van der Waals surface area (Å²) in [5.74, 6) is -0.746. The Balaban J connectivity index is 3.02. The van der Waals surface area contributed by atoms with Crippen LogP contribution in [0.15, 0.2) is 18.2 Å². The van der Waals surface area contributed by atoms with Crippen molar-refractivity contribution in [1.82, 2.24) is 0 Å². The summed E-state index contributed by atoms with van der Waals surface area (Å²) < 4.78 is 4.68. The molecule has 0 aliphatic carbocycles. The molecule has 0 heterocycles. The van der Waals surface area contributed by atoms with Crippen LogP contribution in [-0.4, -0.2) is 24.0 Å². The number of esters is 1. The zero-order valence-corrected chi connectivity index (χ0v) is 9.90. The SMILES string of the molecule is CCOC(=O)C=Cc1cc(Cl)cc(C=O)c1O. The summed E-state index contributed by atoms with van der Waals surface area (Å²) >= 11 is 5.76. The number of halogens is 1. The molecule has 0 bridgehead atoms. The lowest BCUT2D eigenvalue weighted by molar-refractivity contribution is -0.137. The van der Waals surface area contributed by atoms with Gasteiger partial charge in [0.05, 0.1) is 12.2 Å². The number of aldehydes is 1. The first-order valence-corrected chi connectivity index (χ1v) is 5.28. The van der Waals surface area contributed by atoms with E-state index in [9.17, 15) is 14.7 Å². The zero-order chi connectivity index (χ0) is 12.8. The molecule has 0 fully saturated rings. The molecule has 0 saturated heterocycles. The Morgan fingerprint density at radius 2 is 2.12 bits per heavy atom. The van der Waals surface area contributed by atoms with Gasteiger partial charge in [-0.05, 0) is 25.1 Å². The van der Waals surface area contributed by atoms with Gasteiger partial charge in [-0.25, -0.2) is 4.79 Å². The predicted molar refractivity (Wildman–Crippen MR) is 64.2 cm³/mol. The van der Waals surface area contributed by atoms with E-state index in [4.69, 9.17) is 11.6 Å². The van der Waals surface area contributed by atoms with Gasteiger partial charge in [0.25, 0.3) is 0 Å². The average molecular weight is 255 g/mol. The van der Waals surface area contributed by atoms with Crippen molar-refractivity contribution in [2.75, 3.05) is 6.61 Å². The second kappa shape index (κ2) is 6.06. The molecule has 0 aromatic heterocycles. The number of phenols is 1. The Bertz CT molecular complexity index is 466. The van der Waals surface area contributed by atoms with E-state index in [1.807, 2.05) is 0 Å². The second-order valence-corrected chi connectivity index (χ2v) is 3.57. The lowest BCUT2D eigenvalue weighted by Crippen LogP contribution is -1.98. The van der Waals surface area contributed by atoms with E-state index in [2.05, 4.69) is 4.74 Å². The van der Waals surface area contributed by atoms with E-state index < -0.39 is 5.97 Å². The van der Waals surface area contributed by atoms with Crippen molar-refractivity contribution in [1.29, 1.82) is 0 Å². The molecule has 0 unspecified atom stereocenters. The van der Waals surface area contributed by atoms with Crippen molar-refractivity contribution in [2.45, 2.75) is 6.92 Å². The van der Waals surface area contributed by atoms with Gasteiger partial charge in [-0.15, -0.1) is 0 Å². The maximum absolute atomic E-state index is 11.1. The van der Waals surface area contributed by atoms with Gasteiger partial charge in [-0.2, -0.15) is 0 Å². The summed E-state index contributed by atoms with van der Waals surface area (Å²) in [6, 6.07) is 2.78. The topological polar surface area (TPSA) is 63.6 Å². The number of ether oxygens (including phenoxy) is 1. The number of rotatable bonds is 4. The van der Waals surface area contributed by atoms with E-state index in [-0.39, 0.29) is 23.5 Å². The minimum absolute atomic E-state index is 0.0704. The molecule has 90 valence electrons. The number of carbonyl (C=O) groups is 2. The van der Waals surface area contributed by atoms with Gasteiger partial charge in [0.15, 0.2) is 6.29 Å². The van der Waals surface area contributed by atoms with E-state index >= 15 is 0 Å². The summed E-state index contributed by atoms with van der Waals surface area (Å²) in [6.07, 6.45) is 2.98. The summed E-state index contributed by atoms with van der Waals surface area (Å²) in [6.45, 7) is 1.96. The fraction of sp³-hybridized carbons (Fsp3) is 0.167. The molecule has 0 spiro atoms. The molecule has 5 heteroatoms. The Kier molecular flexibility index (Phi) is 4.72. The van der Waals surface area contributed by atoms with Crippen LogP contribution >= 0.6 is 11.6 Å². The van der Waals surface area contributed by atoms with Crippen molar-refractivity contribution < 1.29 is 19.4 Å². The first-order valence-electron chi connectivity index (χ1n) is 4.91. The summed E-state index contributed by atoms with van der Waals surface area (Å²) in [5.41, 5.74) is 0.355. The largest absolute Gasteiger partial charge is 0.507 e. The van der Waals surface area contributed by atoms with Crippen LogP contribution in [0.4, 0.5) is 0 Å². The maximum atomic E-state index is 11.1. The number of carbonyl (C=O) groups excluding carboxylic acids is 2. The molecule has 0 amide bonds. The van der Waals surface area contributed by atoms with E-state index in [1.165, 1.54) is 18.2 Å². The molecule has 1 N–H and O–H groups in total. The molecule has 0 aliphatic rings. The summed E-state index contributed by atoms with van der Waals surface area (Å²) in [5, 5.41) is 9.96. The molecular weight excluding hydrogens is 244 g/mol. The lowest BCUT2D eigenvalue weighted by atomic mass is 10.1. The van der Waals surface area contributed by atoms with Gasteiger partial charge in [0.2, 0.25) is 0 Å². The van der Waals surface area contributed by atoms with Crippen LogP contribution in [0.2, 0.25) is 5.02 Å². The molecule has 0 radical (unpaired) electrons. The number of aromatic hydroxyl groups is 1. The monoisotopic (exact) mass is 254 g/mol. The van der Waals surface area contributed by atoms with Crippen LogP contribution in [0.25, 0.3) is 6.08 Å². The van der Waals surface area contributed by atoms with Crippen LogP contribution in [-0.2, 0) is 9.53 Å². The minimum atomic E-state index is -0.528. The average Bonchev–Trinajstić information content (AvgIpc) is 2.30. The van der Waals surface area contributed by atoms with Crippen molar-refractivity contribution in [3.63, 3.8) is 0 Å². The Morgan fingerprint density at radius 3 is 2.71 bits per heavy atom.